The van der Waals surface area contributed by atoms with Gasteiger partial charge in [0.05, 0.1) is 0 Å². The third-order valence-electron chi connectivity index (χ3n) is 2.64. The molecule has 0 amide bonds. The third-order valence-corrected chi connectivity index (χ3v) is 5.01. The number of rotatable bonds is 3. The fourth-order valence-electron chi connectivity index (χ4n) is 1.70. The summed E-state index contributed by atoms with van der Waals surface area (Å²) in [6, 6.07) is 10.6. The van der Waals surface area contributed by atoms with Crippen LogP contribution >= 0.6 is 23.5 Å². The summed E-state index contributed by atoms with van der Waals surface area (Å²) in [5.74, 6) is 0. The van der Waals surface area contributed by atoms with E-state index in [1.807, 2.05) is 23.5 Å². The van der Waals surface area contributed by atoms with E-state index in [-0.39, 0.29) is 5.41 Å². The predicted molar refractivity (Wildman–Crippen MR) is 75.8 cm³/mol. The van der Waals surface area contributed by atoms with Crippen molar-refractivity contribution in [3.8, 4) is 0 Å². The van der Waals surface area contributed by atoms with Crippen molar-refractivity contribution in [3.05, 3.63) is 52.3 Å². The van der Waals surface area contributed by atoms with Gasteiger partial charge in [-0.3, -0.25) is 0 Å². The molecule has 1 aliphatic rings. The maximum atomic E-state index is 2.30. The number of allylic oxidation sites excluding steroid dienone is 3. The lowest BCUT2D eigenvalue weighted by molar-refractivity contribution is 0.624. The zero-order valence-electron chi connectivity index (χ0n) is 9.86. The Bertz CT molecular complexity index is 427. The summed E-state index contributed by atoms with van der Waals surface area (Å²) >= 11 is 3.72. The highest BCUT2D eigenvalue weighted by Crippen LogP contribution is 2.48. The second-order valence-corrected chi connectivity index (χ2v) is 6.30. The lowest BCUT2D eigenvalue weighted by Crippen LogP contribution is -2.06. The number of thioether (sulfide) groups is 2. The molecule has 0 aromatic heterocycles. The quantitative estimate of drug-likeness (QED) is 0.742. The molecule has 16 heavy (non-hydrogen) atoms. The Hall–Kier alpha value is -0.600. The Labute approximate surface area is 106 Å². The first-order valence-corrected chi connectivity index (χ1v) is 7.38. The van der Waals surface area contributed by atoms with Gasteiger partial charge in [0.25, 0.3) is 0 Å². The Kier molecular flexibility index (Phi) is 3.50. The zero-order chi connectivity index (χ0) is 11.6. The molecule has 1 aromatic rings. The smallest absolute Gasteiger partial charge is 0.0174 e. The van der Waals surface area contributed by atoms with E-state index in [4.69, 9.17) is 0 Å². The Morgan fingerprint density at radius 1 is 1.06 bits per heavy atom. The lowest BCUT2D eigenvalue weighted by atomic mass is 9.96. The largest absolute Gasteiger partial charge is 0.129 e. The molecular formula is C14H16S2. The molecule has 0 bridgehead atoms. The summed E-state index contributed by atoms with van der Waals surface area (Å²) < 4.78 is 0. The highest BCUT2D eigenvalue weighted by atomic mass is 32.2. The van der Waals surface area contributed by atoms with Gasteiger partial charge in [0.1, 0.15) is 0 Å². The average molecular weight is 248 g/mol. The van der Waals surface area contributed by atoms with Crippen LogP contribution in [-0.2, 0) is 0 Å². The minimum absolute atomic E-state index is 0.179. The van der Waals surface area contributed by atoms with Crippen molar-refractivity contribution in [1.29, 1.82) is 0 Å². The van der Waals surface area contributed by atoms with Gasteiger partial charge < -0.3 is 0 Å². The molecule has 0 N–H and O–H groups in total. The van der Waals surface area contributed by atoms with Crippen molar-refractivity contribution in [3.63, 3.8) is 0 Å². The summed E-state index contributed by atoms with van der Waals surface area (Å²) in [6.07, 6.45) is 6.69. The normalized spacial score (nSPS) is 18.2. The van der Waals surface area contributed by atoms with Crippen LogP contribution in [0, 0.1) is 5.41 Å². The molecule has 84 valence electrons. The fourth-order valence-corrected chi connectivity index (χ4v) is 3.76. The molecule has 0 saturated carbocycles. The van der Waals surface area contributed by atoms with Gasteiger partial charge in [0.2, 0.25) is 0 Å². The highest BCUT2D eigenvalue weighted by Gasteiger charge is 2.28. The Morgan fingerprint density at radius 3 is 2.38 bits per heavy atom. The molecule has 0 fully saturated rings. The molecule has 0 aliphatic heterocycles. The number of hydrogen-bond acceptors (Lipinski definition) is 2. The first kappa shape index (κ1) is 11.9. The molecule has 0 spiro atoms. The predicted octanol–water partition coefficient (Wildman–Crippen LogP) is 4.95. The van der Waals surface area contributed by atoms with Crippen LogP contribution < -0.4 is 0 Å². The van der Waals surface area contributed by atoms with Gasteiger partial charge in [-0.15, -0.1) is 11.8 Å². The van der Waals surface area contributed by atoms with E-state index >= 15 is 0 Å². The summed E-state index contributed by atoms with van der Waals surface area (Å²) in [7, 11) is 0. The maximum absolute atomic E-state index is 2.30. The molecule has 2 heteroatoms. The second-order valence-electron chi connectivity index (χ2n) is 4.37. The van der Waals surface area contributed by atoms with Crippen LogP contribution in [0.3, 0.4) is 0 Å². The van der Waals surface area contributed by atoms with E-state index in [2.05, 4.69) is 62.6 Å². The number of hydrogen-bond donors (Lipinski definition) is 0. The Morgan fingerprint density at radius 2 is 1.75 bits per heavy atom. The van der Waals surface area contributed by atoms with Crippen LogP contribution in [0.5, 0.6) is 0 Å². The first-order chi connectivity index (χ1) is 7.63. The first-order valence-electron chi connectivity index (χ1n) is 5.34. The molecular weight excluding hydrogens is 232 g/mol. The van der Waals surface area contributed by atoms with Crippen LogP contribution in [0.1, 0.15) is 13.8 Å². The molecule has 0 nitrogen and oxygen atoms in total. The lowest BCUT2D eigenvalue weighted by Gasteiger charge is -2.21. The molecule has 0 heterocycles. The van der Waals surface area contributed by atoms with Gasteiger partial charge in [0.15, 0.2) is 0 Å². The monoisotopic (exact) mass is 248 g/mol. The van der Waals surface area contributed by atoms with Gasteiger partial charge >= 0.3 is 0 Å². The molecule has 1 aliphatic carbocycles. The SMILES string of the molecule is CSC1=C(Sc2ccccc2)C(C)(C)C=C1. The highest BCUT2D eigenvalue weighted by molar-refractivity contribution is 8.06. The van der Waals surface area contributed by atoms with Crippen molar-refractivity contribution in [2.75, 3.05) is 6.26 Å². The molecule has 2 rings (SSSR count). The van der Waals surface area contributed by atoms with Crippen LogP contribution in [0.2, 0.25) is 0 Å². The summed E-state index contributed by atoms with van der Waals surface area (Å²) in [4.78, 5) is 4.19. The Balaban J connectivity index is 2.27. The fraction of sp³-hybridized carbons (Fsp3) is 0.286. The van der Waals surface area contributed by atoms with Crippen LogP contribution in [0.15, 0.2) is 57.2 Å². The van der Waals surface area contributed by atoms with E-state index in [9.17, 15) is 0 Å². The van der Waals surface area contributed by atoms with Crippen molar-refractivity contribution in [2.24, 2.45) is 5.41 Å². The summed E-state index contributed by atoms with van der Waals surface area (Å²) in [5.41, 5.74) is 0.179. The topological polar surface area (TPSA) is 0 Å². The van der Waals surface area contributed by atoms with Crippen LogP contribution in [0.4, 0.5) is 0 Å². The zero-order valence-corrected chi connectivity index (χ0v) is 11.5. The van der Waals surface area contributed by atoms with Crippen molar-refractivity contribution in [1.82, 2.24) is 0 Å². The number of benzene rings is 1. The van der Waals surface area contributed by atoms with Gasteiger partial charge in [-0.05, 0) is 18.4 Å². The molecule has 0 atom stereocenters. The van der Waals surface area contributed by atoms with Gasteiger partial charge in [-0.2, -0.15) is 0 Å². The van der Waals surface area contributed by atoms with Crippen molar-refractivity contribution < 1.29 is 0 Å². The second kappa shape index (κ2) is 4.72. The van der Waals surface area contributed by atoms with Gasteiger partial charge in [-0.1, -0.05) is 56.0 Å². The van der Waals surface area contributed by atoms with E-state index in [0.29, 0.717) is 0 Å². The molecule has 0 saturated heterocycles. The molecule has 0 radical (unpaired) electrons. The summed E-state index contributed by atoms with van der Waals surface area (Å²) in [5, 5.41) is 0. The third kappa shape index (κ3) is 2.38. The van der Waals surface area contributed by atoms with Crippen molar-refractivity contribution >= 4 is 23.5 Å². The average Bonchev–Trinajstić information content (AvgIpc) is 2.56. The van der Waals surface area contributed by atoms with Gasteiger partial charge in [-0.25, -0.2) is 0 Å². The minimum Gasteiger partial charge on any atom is -0.129 e. The maximum Gasteiger partial charge on any atom is 0.0174 e. The summed E-state index contributed by atoms with van der Waals surface area (Å²) in [6.45, 7) is 4.55. The van der Waals surface area contributed by atoms with Gasteiger partial charge in [0, 0.05) is 20.1 Å². The van der Waals surface area contributed by atoms with E-state index in [1.165, 1.54) is 14.7 Å². The van der Waals surface area contributed by atoms with E-state index in [0.717, 1.165) is 0 Å². The van der Waals surface area contributed by atoms with E-state index < -0.39 is 0 Å². The van der Waals surface area contributed by atoms with Crippen molar-refractivity contribution in [2.45, 2.75) is 18.7 Å². The minimum atomic E-state index is 0.179. The van der Waals surface area contributed by atoms with Crippen LogP contribution in [0.25, 0.3) is 0 Å². The standard InChI is InChI=1S/C14H16S2/c1-14(2)10-9-12(15-3)13(14)16-11-7-5-4-6-8-11/h4-10H,1-3H3. The molecule has 1 aromatic carbocycles. The van der Waals surface area contributed by atoms with Crippen LogP contribution in [-0.4, -0.2) is 6.26 Å². The molecule has 0 unspecified atom stereocenters. The van der Waals surface area contributed by atoms with E-state index in [1.54, 1.807) is 0 Å².